The molecule has 1 aliphatic heterocycles. The monoisotopic (exact) mass is 509 g/mol. The number of amides is 2. The molecule has 38 heavy (non-hydrogen) atoms. The number of hydrogen-bond donors (Lipinski definition) is 0. The van der Waals surface area contributed by atoms with E-state index >= 15 is 0 Å². The van der Waals surface area contributed by atoms with Gasteiger partial charge in [0.1, 0.15) is 6.61 Å². The van der Waals surface area contributed by atoms with E-state index < -0.39 is 6.09 Å². The molecule has 4 rings (SSSR count). The van der Waals surface area contributed by atoms with Gasteiger partial charge in [-0.05, 0) is 43.0 Å². The molecule has 0 aromatic heterocycles. The molecular formula is C32H35N3O3. The standard InChI is InChI=1S/C32H35N3O3/c1-22(2)30(36)33-31-34(5)28(19-25-15-11-23(3)12-16-25)29(20-26-17-13-24(4)14-18-26)35(31)32(37)38-21-27-9-7-6-8-10-27/h6-18,20,22,28H,19,21H2,1-5H3/b29-20-,33-31?. The van der Waals surface area contributed by atoms with Gasteiger partial charge in [0.05, 0.1) is 11.7 Å². The third kappa shape index (κ3) is 6.38. The summed E-state index contributed by atoms with van der Waals surface area (Å²) in [5.74, 6) is -0.325. The predicted molar refractivity (Wildman–Crippen MR) is 151 cm³/mol. The number of benzene rings is 3. The molecule has 1 unspecified atom stereocenters. The first kappa shape index (κ1) is 26.9. The van der Waals surface area contributed by atoms with Crippen LogP contribution in [0.3, 0.4) is 0 Å². The lowest BCUT2D eigenvalue weighted by atomic mass is 10.0. The van der Waals surface area contributed by atoms with Gasteiger partial charge in [0, 0.05) is 13.0 Å². The predicted octanol–water partition coefficient (Wildman–Crippen LogP) is 6.38. The third-order valence-electron chi connectivity index (χ3n) is 6.62. The summed E-state index contributed by atoms with van der Waals surface area (Å²) < 4.78 is 5.76. The van der Waals surface area contributed by atoms with Crippen molar-refractivity contribution >= 4 is 24.0 Å². The second-order valence-corrected chi connectivity index (χ2v) is 10.1. The van der Waals surface area contributed by atoms with Crippen LogP contribution in [0.1, 0.15) is 41.7 Å². The number of nitrogens with zero attached hydrogens (tertiary/aromatic N) is 3. The number of aryl methyl sites for hydroxylation is 2. The molecule has 0 N–H and O–H groups in total. The van der Waals surface area contributed by atoms with Gasteiger partial charge in [0.25, 0.3) is 5.91 Å². The second-order valence-electron chi connectivity index (χ2n) is 10.1. The summed E-state index contributed by atoms with van der Waals surface area (Å²) in [7, 11) is 1.87. The number of ether oxygens (including phenoxy) is 1. The second kappa shape index (κ2) is 11.9. The van der Waals surface area contributed by atoms with Crippen molar-refractivity contribution < 1.29 is 14.3 Å². The molecule has 1 heterocycles. The maximum atomic E-state index is 13.7. The van der Waals surface area contributed by atoms with Gasteiger partial charge >= 0.3 is 6.09 Å². The number of likely N-dealkylation sites (N-methyl/N-ethyl adjacent to an activating group) is 1. The van der Waals surface area contributed by atoms with Gasteiger partial charge in [0.15, 0.2) is 0 Å². The van der Waals surface area contributed by atoms with Gasteiger partial charge in [-0.3, -0.25) is 4.79 Å². The van der Waals surface area contributed by atoms with Crippen LogP contribution in [0.25, 0.3) is 6.08 Å². The number of rotatable bonds is 6. The smallest absolute Gasteiger partial charge is 0.421 e. The van der Waals surface area contributed by atoms with E-state index in [1.165, 1.54) is 10.5 Å². The lowest BCUT2D eigenvalue weighted by Crippen LogP contribution is -2.37. The highest BCUT2D eigenvalue weighted by Crippen LogP contribution is 2.31. The zero-order valence-corrected chi connectivity index (χ0v) is 22.7. The van der Waals surface area contributed by atoms with E-state index in [0.29, 0.717) is 12.1 Å². The molecule has 1 atom stereocenters. The van der Waals surface area contributed by atoms with E-state index in [1.54, 1.807) is 13.8 Å². The Balaban J connectivity index is 1.78. The van der Waals surface area contributed by atoms with Crippen LogP contribution < -0.4 is 0 Å². The molecule has 1 aliphatic rings. The van der Waals surface area contributed by atoms with Crippen LogP contribution in [0.4, 0.5) is 4.79 Å². The highest BCUT2D eigenvalue weighted by molar-refractivity contribution is 6.05. The van der Waals surface area contributed by atoms with Crippen LogP contribution in [0.2, 0.25) is 0 Å². The van der Waals surface area contributed by atoms with Gasteiger partial charge in [0.2, 0.25) is 5.96 Å². The Hall–Kier alpha value is -4.19. The molecule has 0 aliphatic carbocycles. The van der Waals surface area contributed by atoms with E-state index in [9.17, 15) is 9.59 Å². The fraction of sp³-hybridized carbons (Fsp3) is 0.281. The number of guanidine groups is 1. The number of carbonyl (C=O) groups excluding carboxylic acids is 2. The van der Waals surface area contributed by atoms with Crippen molar-refractivity contribution in [3.8, 4) is 0 Å². The van der Waals surface area contributed by atoms with Gasteiger partial charge in [-0.25, -0.2) is 9.69 Å². The first-order chi connectivity index (χ1) is 18.2. The number of carbonyl (C=O) groups is 2. The molecule has 0 radical (unpaired) electrons. The summed E-state index contributed by atoms with van der Waals surface area (Å²) in [4.78, 5) is 34.2. The zero-order valence-electron chi connectivity index (χ0n) is 22.7. The van der Waals surface area contributed by atoms with Crippen LogP contribution >= 0.6 is 0 Å². The molecule has 6 nitrogen and oxygen atoms in total. The molecular weight excluding hydrogens is 474 g/mol. The van der Waals surface area contributed by atoms with Crippen LogP contribution in [-0.4, -0.2) is 40.8 Å². The first-order valence-electron chi connectivity index (χ1n) is 12.9. The zero-order chi connectivity index (χ0) is 27.2. The van der Waals surface area contributed by atoms with E-state index in [2.05, 4.69) is 36.2 Å². The summed E-state index contributed by atoms with van der Waals surface area (Å²) in [5, 5.41) is 0. The van der Waals surface area contributed by atoms with Crippen molar-refractivity contribution in [2.24, 2.45) is 10.9 Å². The van der Waals surface area contributed by atoms with E-state index in [4.69, 9.17) is 4.74 Å². The molecule has 1 saturated heterocycles. The first-order valence-corrected chi connectivity index (χ1v) is 12.9. The minimum Gasteiger partial charge on any atom is -0.444 e. The quantitative estimate of drug-likeness (QED) is 0.387. The molecule has 3 aromatic carbocycles. The van der Waals surface area contributed by atoms with E-state index in [0.717, 1.165) is 22.3 Å². The van der Waals surface area contributed by atoms with Gasteiger partial charge < -0.3 is 9.64 Å². The Kier molecular flexibility index (Phi) is 8.41. The normalized spacial score (nSPS) is 17.5. The summed E-state index contributed by atoms with van der Waals surface area (Å²) in [6.07, 6.45) is 2.05. The molecule has 0 saturated carbocycles. The molecule has 3 aromatic rings. The van der Waals surface area contributed by atoms with Crippen molar-refractivity contribution in [2.45, 2.75) is 46.8 Å². The SMILES string of the molecule is Cc1ccc(/C=C2/C(Cc3ccc(C)cc3)N(C)C(=NC(=O)C(C)C)N2C(=O)OCc2ccccc2)cc1. The summed E-state index contributed by atoms with van der Waals surface area (Å²) in [6, 6.07) is 25.8. The topological polar surface area (TPSA) is 62.2 Å². The molecule has 6 heteroatoms. The lowest BCUT2D eigenvalue weighted by Gasteiger charge is -2.20. The summed E-state index contributed by atoms with van der Waals surface area (Å²) >= 11 is 0. The van der Waals surface area contributed by atoms with Gasteiger partial charge in [-0.1, -0.05) is 104 Å². The fourth-order valence-corrected chi connectivity index (χ4v) is 4.27. The van der Waals surface area contributed by atoms with Crippen LogP contribution in [0.15, 0.2) is 89.6 Å². The van der Waals surface area contributed by atoms with Crippen molar-refractivity contribution in [2.75, 3.05) is 7.05 Å². The minimum absolute atomic E-state index is 0.117. The Morgan fingerprint density at radius 1 is 0.895 bits per heavy atom. The highest BCUT2D eigenvalue weighted by Gasteiger charge is 2.43. The largest absolute Gasteiger partial charge is 0.444 e. The van der Waals surface area contributed by atoms with E-state index in [1.807, 2.05) is 79.5 Å². The molecule has 1 fully saturated rings. The lowest BCUT2D eigenvalue weighted by molar-refractivity contribution is -0.120. The molecule has 0 bridgehead atoms. The van der Waals surface area contributed by atoms with Crippen LogP contribution in [-0.2, 0) is 22.6 Å². The fourth-order valence-electron chi connectivity index (χ4n) is 4.27. The minimum atomic E-state index is -0.569. The van der Waals surface area contributed by atoms with E-state index in [-0.39, 0.29) is 30.4 Å². The maximum absolute atomic E-state index is 13.7. The van der Waals surface area contributed by atoms with Crippen molar-refractivity contribution in [3.63, 3.8) is 0 Å². The average molecular weight is 510 g/mol. The average Bonchev–Trinajstić information content (AvgIpc) is 3.15. The van der Waals surface area contributed by atoms with Crippen LogP contribution in [0, 0.1) is 19.8 Å². The van der Waals surface area contributed by atoms with Gasteiger partial charge in [-0.15, -0.1) is 0 Å². The number of aliphatic imine (C=N–C) groups is 1. The molecule has 196 valence electrons. The Morgan fingerprint density at radius 3 is 2.11 bits per heavy atom. The van der Waals surface area contributed by atoms with Crippen molar-refractivity contribution in [1.82, 2.24) is 9.80 Å². The van der Waals surface area contributed by atoms with Crippen LogP contribution in [0.5, 0.6) is 0 Å². The summed E-state index contributed by atoms with van der Waals surface area (Å²) in [5.41, 5.74) is 5.99. The highest BCUT2D eigenvalue weighted by atomic mass is 16.6. The van der Waals surface area contributed by atoms with Crippen molar-refractivity contribution in [1.29, 1.82) is 0 Å². The third-order valence-corrected chi connectivity index (χ3v) is 6.62. The molecule has 2 amide bonds. The Bertz CT molecular complexity index is 1330. The van der Waals surface area contributed by atoms with Crippen molar-refractivity contribution in [3.05, 3.63) is 112 Å². The Labute approximate surface area is 225 Å². The maximum Gasteiger partial charge on any atom is 0.421 e. The van der Waals surface area contributed by atoms with Gasteiger partial charge in [-0.2, -0.15) is 4.99 Å². The molecule has 0 spiro atoms. The number of hydrogen-bond acceptors (Lipinski definition) is 3. The summed E-state index contributed by atoms with van der Waals surface area (Å²) in [6.45, 7) is 7.81. The Morgan fingerprint density at radius 2 is 1.50 bits per heavy atom.